The van der Waals surface area contributed by atoms with Crippen molar-refractivity contribution in [3.05, 3.63) is 63.8 Å². The van der Waals surface area contributed by atoms with Gasteiger partial charge in [0.05, 0.1) is 0 Å². The van der Waals surface area contributed by atoms with Gasteiger partial charge in [-0.05, 0) is 39.7 Å². The zero-order valence-electron chi connectivity index (χ0n) is 10.4. The Morgan fingerprint density at radius 1 is 1.30 bits per heavy atom. The summed E-state index contributed by atoms with van der Waals surface area (Å²) < 4.78 is 0. The quantitative estimate of drug-likeness (QED) is 0.650. The summed E-state index contributed by atoms with van der Waals surface area (Å²) in [5.41, 5.74) is 6.85. The molecular weight excluding hydrogens is 260 g/mol. The molecule has 1 aromatic carbocycles. The molecule has 0 aliphatic heterocycles. The predicted molar refractivity (Wildman–Crippen MR) is 73.2 cm³/mol. The average molecular weight is 272 g/mol. The van der Waals surface area contributed by atoms with Gasteiger partial charge >= 0.3 is 5.82 Å². The molecule has 0 atom stereocenters. The smallest absolute Gasteiger partial charge is 0.358 e. The molecule has 0 radical (unpaired) electrons. The fraction of sp³-hybridized carbons (Fsp3) is 0.0769. The fourth-order valence-electron chi connectivity index (χ4n) is 1.64. The molecule has 7 nitrogen and oxygen atoms in total. The van der Waals surface area contributed by atoms with Crippen molar-refractivity contribution in [2.75, 3.05) is 5.32 Å². The van der Waals surface area contributed by atoms with E-state index in [1.165, 1.54) is 18.3 Å². The molecule has 3 N–H and O–H groups in total. The summed E-state index contributed by atoms with van der Waals surface area (Å²) in [4.78, 5) is 25.7. The summed E-state index contributed by atoms with van der Waals surface area (Å²) in [6.45, 7) is 0.405. The van der Waals surface area contributed by atoms with Gasteiger partial charge < -0.3 is 21.2 Å². The summed E-state index contributed by atoms with van der Waals surface area (Å²) >= 11 is 0. The molecule has 0 bridgehead atoms. The first kappa shape index (κ1) is 13.6. The molecule has 0 aliphatic rings. The average Bonchev–Trinajstić information content (AvgIpc) is 2.48. The topological polar surface area (TPSA) is 111 Å². The van der Waals surface area contributed by atoms with Crippen LogP contribution in [0.2, 0.25) is 0 Å². The predicted octanol–water partition coefficient (Wildman–Crippen LogP) is 1.70. The number of hydrogen-bond donors (Lipinski definition) is 2. The third-order valence-corrected chi connectivity index (χ3v) is 2.65. The number of hydrogen-bond acceptors (Lipinski definition) is 5. The van der Waals surface area contributed by atoms with E-state index in [-0.39, 0.29) is 5.56 Å². The van der Waals surface area contributed by atoms with Gasteiger partial charge in [-0.1, -0.05) is 12.1 Å². The Kier molecular flexibility index (Phi) is 4.02. The van der Waals surface area contributed by atoms with E-state index in [1.54, 1.807) is 24.3 Å². The Balaban J connectivity index is 2.21. The number of nitrogens with two attached hydrogens (primary N) is 1. The van der Waals surface area contributed by atoms with Gasteiger partial charge in [0.1, 0.15) is 11.8 Å². The fourth-order valence-corrected chi connectivity index (χ4v) is 1.64. The van der Waals surface area contributed by atoms with Gasteiger partial charge in [-0.25, -0.2) is 0 Å². The van der Waals surface area contributed by atoms with Crippen LogP contribution in [0.1, 0.15) is 15.9 Å². The first-order valence-electron chi connectivity index (χ1n) is 5.81. The first-order valence-corrected chi connectivity index (χ1v) is 5.81. The minimum absolute atomic E-state index is 0.0830. The summed E-state index contributed by atoms with van der Waals surface area (Å²) in [5.74, 6) is -1.05. The van der Waals surface area contributed by atoms with Crippen molar-refractivity contribution in [2.24, 2.45) is 5.73 Å². The van der Waals surface area contributed by atoms with Crippen LogP contribution in [0.15, 0.2) is 42.6 Å². The second-order valence-corrected chi connectivity index (χ2v) is 3.99. The molecule has 1 heterocycles. The molecule has 1 aromatic heterocycles. The molecule has 0 aliphatic carbocycles. The highest BCUT2D eigenvalue weighted by molar-refractivity contribution is 6.06. The van der Waals surface area contributed by atoms with E-state index in [2.05, 4.69) is 10.3 Å². The lowest BCUT2D eigenvalue weighted by Gasteiger charge is -2.06. The third-order valence-electron chi connectivity index (χ3n) is 2.65. The van der Waals surface area contributed by atoms with Crippen molar-refractivity contribution < 1.29 is 9.72 Å². The number of benzene rings is 1. The number of carbonyl (C=O) groups excluding carboxylic acids is 1. The van der Waals surface area contributed by atoms with Crippen molar-refractivity contribution in [3.63, 3.8) is 0 Å². The van der Waals surface area contributed by atoms with Crippen LogP contribution >= 0.6 is 0 Å². The number of anilines is 1. The largest absolute Gasteiger partial charge is 0.376 e. The summed E-state index contributed by atoms with van der Waals surface area (Å²) in [6.07, 6.45) is 1.27. The maximum atomic E-state index is 12.0. The molecule has 20 heavy (non-hydrogen) atoms. The Morgan fingerprint density at radius 2 is 2.00 bits per heavy atom. The van der Waals surface area contributed by atoms with Crippen LogP contribution in [-0.4, -0.2) is 15.8 Å². The highest BCUT2D eigenvalue weighted by Crippen LogP contribution is 2.17. The normalized spacial score (nSPS) is 10.1. The van der Waals surface area contributed by atoms with Crippen molar-refractivity contribution in [1.29, 1.82) is 0 Å². The summed E-state index contributed by atoms with van der Waals surface area (Å²) in [6, 6.07) is 9.74. The van der Waals surface area contributed by atoms with E-state index in [0.29, 0.717) is 12.2 Å². The van der Waals surface area contributed by atoms with Crippen LogP contribution in [0, 0.1) is 10.1 Å². The van der Waals surface area contributed by atoms with Gasteiger partial charge in [-0.2, -0.15) is 0 Å². The Morgan fingerprint density at radius 3 is 2.60 bits per heavy atom. The number of rotatable bonds is 4. The zero-order chi connectivity index (χ0) is 14.5. The molecule has 0 unspecified atom stereocenters. The van der Waals surface area contributed by atoms with Gasteiger partial charge in [0.15, 0.2) is 0 Å². The second-order valence-electron chi connectivity index (χ2n) is 3.99. The van der Waals surface area contributed by atoms with Crippen LogP contribution in [0.3, 0.4) is 0 Å². The van der Waals surface area contributed by atoms with Gasteiger partial charge in [0.2, 0.25) is 0 Å². The maximum absolute atomic E-state index is 12.0. The molecule has 7 heteroatoms. The van der Waals surface area contributed by atoms with Crippen LogP contribution in [0.4, 0.5) is 11.5 Å². The Bertz CT molecular complexity index is 640. The van der Waals surface area contributed by atoms with E-state index in [9.17, 15) is 14.9 Å². The van der Waals surface area contributed by atoms with Crippen molar-refractivity contribution >= 4 is 17.4 Å². The van der Waals surface area contributed by atoms with Gasteiger partial charge in [-0.15, -0.1) is 0 Å². The van der Waals surface area contributed by atoms with Crippen LogP contribution < -0.4 is 11.1 Å². The summed E-state index contributed by atoms with van der Waals surface area (Å²) in [5, 5.41) is 13.4. The standard InChI is InChI=1S/C13H12N4O3/c14-8-9-3-5-10(6-4-9)16-13(18)11-2-1-7-15-12(11)17(19)20/h1-7H,8,14H2,(H,16,18). The lowest BCUT2D eigenvalue weighted by atomic mass is 10.2. The Labute approximate surface area is 114 Å². The molecular formula is C13H12N4O3. The number of amides is 1. The second kappa shape index (κ2) is 5.89. The molecule has 2 rings (SSSR count). The van der Waals surface area contributed by atoms with Gasteiger partial charge in [0, 0.05) is 12.2 Å². The minimum Gasteiger partial charge on any atom is -0.358 e. The number of pyridine rings is 1. The molecule has 2 aromatic rings. The number of aromatic nitrogens is 1. The number of nitrogens with zero attached hydrogens (tertiary/aromatic N) is 2. The zero-order valence-corrected chi connectivity index (χ0v) is 10.4. The third kappa shape index (κ3) is 2.96. The van der Waals surface area contributed by atoms with Crippen LogP contribution in [0.25, 0.3) is 0 Å². The van der Waals surface area contributed by atoms with E-state index in [0.717, 1.165) is 5.56 Å². The number of nitro groups is 1. The highest BCUT2D eigenvalue weighted by Gasteiger charge is 2.20. The number of carbonyl (C=O) groups is 1. The molecule has 102 valence electrons. The van der Waals surface area contributed by atoms with E-state index in [4.69, 9.17) is 5.73 Å². The SMILES string of the molecule is NCc1ccc(NC(=O)c2cccnc2[N+](=O)[O-])cc1. The lowest BCUT2D eigenvalue weighted by molar-refractivity contribution is -0.389. The van der Waals surface area contributed by atoms with Gasteiger partial charge in [0.25, 0.3) is 5.91 Å². The van der Waals surface area contributed by atoms with E-state index >= 15 is 0 Å². The van der Waals surface area contributed by atoms with Crippen LogP contribution in [0.5, 0.6) is 0 Å². The molecule has 0 saturated carbocycles. The van der Waals surface area contributed by atoms with E-state index < -0.39 is 16.6 Å². The first-order chi connectivity index (χ1) is 9.61. The molecule has 1 amide bonds. The van der Waals surface area contributed by atoms with Crippen molar-refractivity contribution in [1.82, 2.24) is 4.98 Å². The van der Waals surface area contributed by atoms with Crippen molar-refractivity contribution in [3.8, 4) is 0 Å². The minimum atomic E-state index is -0.688. The maximum Gasteiger partial charge on any atom is 0.376 e. The molecule has 0 fully saturated rings. The molecule has 0 spiro atoms. The van der Waals surface area contributed by atoms with E-state index in [1.807, 2.05) is 0 Å². The highest BCUT2D eigenvalue weighted by atomic mass is 16.6. The monoisotopic (exact) mass is 272 g/mol. The molecule has 0 saturated heterocycles. The van der Waals surface area contributed by atoms with Gasteiger partial charge in [-0.3, -0.25) is 4.79 Å². The summed E-state index contributed by atoms with van der Waals surface area (Å²) in [7, 11) is 0. The Hall–Kier alpha value is -2.80. The lowest BCUT2D eigenvalue weighted by Crippen LogP contribution is -2.14. The van der Waals surface area contributed by atoms with Crippen LogP contribution in [-0.2, 0) is 6.54 Å². The number of nitrogens with one attached hydrogen (secondary N) is 1. The van der Waals surface area contributed by atoms with Crippen molar-refractivity contribution in [2.45, 2.75) is 6.54 Å².